The molecule has 0 fully saturated rings. The highest BCUT2D eigenvalue weighted by molar-refractivity contribution is 9.10. The molecule has 23 heavy (non-hydrogen) atoms. The van der Waals surface area contributed by atoms with Crippen molar-refractivity contribution < 1.29 is 0 Å². The van der Waals surface area contributed by atoms with Crippen LogP contribution < -0.4 is 16.0 Å². The van der Waals surface area contributed by atoms with Crippen LogP contribution in [-0.2, 0) is 0 Å². The van der Waals surface area contributed by atoms with Gasteiger partial charge in [0.05, 0.1) is 5.52 Å². The van der Waals surface area contributed by atoms with Crippen LogP contribution in [-0.4, -0.2) is 22.1 Å². The number of fused-ring (bicyclic) bond motifs is 1. The van der Waals surface area contributed by atoms with Gasteiger partial charge in [-0.15, -0.1) is 0 Å². The number of anilines is 3. The molecule has 3 rings (SSSR count). The van der Waals surface area contributed by atoms with Crippen LogP contribution in [0.1, 0.15) is 0 Å². The number of thiocarbonyl (C=S) groups is 1. The van der Waals surface area contributed by atoms with Crippen molar-refractivity contribution in [2.45, 2.75) is 0 Å². The number of hydrogen-bond donors (Lipinski definition) is 3. The van der Waals surface area contributed by atoms with Crippen LogP contribution in [0, 0.1) is 0 Å². The second kappa shape index (κ2) is 6.89. The molecule has 3 aromatic rings. The number of nitrogens with one attached hydrogen (secondary N) is 3. The van der Waals surface area contributed by atoms with Crippen molar-refractivity contribution in [3.63, 3.8) is 0 Å². The summed E-state index contributed by atoms with van der Waals surface area (Å²) in [4.78, 5) is 8.66. The highest BCUT2D eigenvalue weighted by Crippen LogP contribution is 2.26. The van der Waals surface area contributed by atoms with Crippen molar-refractivity contribution in [3.8, 4) is 0 Å². The molecule has 0 amide bonds. The molecule has 0 saturated heterocycles. The lowest BCUT2D eigenvalue weighted by Crippen LogP contribution is -2.24. The van der Waals surface area contributed by atoms with Crippen LogP contribution in [0.15, 0.2) is 53.3 Å². The average Bonchev–Trinajstić information content (AvgIpc) is 2.55. The molecule has 2 aromatic carbocycles. The second-order valence-corrected chi connectivity index (χ2v) is 6.12. The molecule has 1 aromatic heterocycles. The number of nitrogens with zero attached hydrogens (tertiary/aromatic N) is 2. The first-order valence-corrected chi connectivity index (χ1v) is 8.12. The predicted octanol–water partition coefficient (Wildman–Crippen LogP) is 4.05. The topological polar surface area (TPSA) is 61.9 Å². The molecule has 1 heterocycles. The van der Waals surface area contributed by atoms with Crippen LogP contribution in [0.2, 0.25) is 0 Å². The van der Waals surface area contributed by atoms with E-state index < -0.39 is 0 Å². The molecule has 7 heteroatoms. The number of halogens is 1. The molecular weight excluding hydrogens is 374 g/mol. The quantitative estimate of drug-likeness (QED) is 0.589. The van der Waals surface area contributed by atoms with Crippen LogP contribution >= 0.6 is 28.1 Å². The van der Waals surface area contributed by atoms with Crippen molar-refractivity contribution in [1.29, 1.82) is 0 Å². The Labute approximate surface area is 147 Å². The Bertz CT molecular complexity index is 868. The lowest BCUT2D eigenvalue weighted by Gasteiger charge is -2.11. The zero-order chi connectivity index (χ0) is 16.2. The van der Waals surface area contributed by atoms with E-state index in [4.69, 9.17) is 12.2 Å². The van der Waals surface area contributed by atoms with Crippen molar-refractivity contribution in [1.82, 2.24) is 15.3 Å². The van der Waals surface area contributed by atoms with Gasteiger partial charge < -0.3 is 16.0 Å². The van der Waals surface area contributed by atoms with Crippen LogP contribution in [0.4, 0.5) is 17.2 Å². The monoisotopic (exact) mass is 387 g/mol. The number of rotatable bonds is 3. The van der Waals surface area contributed by atoms with E-state index >= 15 is 0 Å². The highest BCUT2D eigenvalue weighted by atomic mass is 79.9. The minimum atomic E-state index is 0.558. The summed E-state index contributed by atoms with van der Waals surface area (Å²) in [5.41, 5.74) is 2.69. The van der Waals surface area contributed by atoms with Gasteiger partial charge in [0.2, 0.25) is 0 Å². The van der Waals surface area contributed by atoms with Gasteiger partial charge in [0, 0.05) is 28.3 Å². The van der Waals surface area contributed by atoms with Gasteiger partial charge in [0.1, 0.15) is 12.1 Å². The molecule has 0 spiro atoms. The minimum Gasteiger partial charge on any atom is -0.366 e. The minimum absolute atomic E-state index is 0.558. The lowest BCUT2D eigenvalue weighted by atomic mass is 10.2. The fourth-order valence-corrected chi connectivity index (χ4v) is 2.65. The van der Waals surface area contributed by atoms with Crippen LogP contribution in [0.3, 0.4) is 0 Å². The summed E-state index contributed by atoms with van der Waals surface area (Å²) in [5.74, 6) is 0.743. The second-order valence-electron chi connectivity index (χ2n) is 4.79. The van der Waals surface area contributed by atoms with Gasteiger partial charge in [-0.3, -0.25) is 0 Å². The van der Waals surface area contributed by atoms with Gasteiger partial charge in [-0.25, -0.2) is 9.97 Å². The van der Waals surface area contributed by atoms with E-state index in [2.05, 4.69) is 41.8 Å². The molecular formula is C16H14BrN5S. The maximum Gasteiger partial charge on any atom is 0.170 e. The Hall–Kier alpha value is -2.25. The molecule has 0 aliphatic heterocycles. The third-order valence-corrected chi connectivity index (χ3v) is 4.01. The molecule has 0 saturated carbocycles. The number of benzene rings is 2. The maximum absolute atomic E-state index is 5.14. The van der Waals surface area contributed by atoms with Gasteiger partial charge in [-0.05, 0) is 48.6 Å². The van der Waals surface area contributed by atoms with Gasteiger partial charge >= 0.3 is 0 Å². The molecule has 116 valence electrons. The fraction of sp³-hybridized carbons (Fsp3) is 0.0625. The molecule has 0 radical (unpaired) electrons. The van der Waals surface area contributed by atoms with Crippen molar-refractivity contribution >= 4 is 61.4 Å². The SMILES string of the molecule is CNC(=S)Nc1ccc2ncnc(Nc3cccc(Br)c3)c2c1. The first-order valence-electron chi connectivity index (χ1n) is 6.92. The van der Waals surface area contributed by atoms with E-state index in [0.717, 1.165) is 32.6 Å². The number of hydrogen-bond acceptors (Lipinski definition) is 4. The first-order chi connectivity index (χ1) is 11.2. The average molecular weight is 388 g/mol. The van der Waals surface area contributed by atoms with E-state index in [0.29, 0.717) is 5.11 Å². The Kier molecular flexibility index (Phi) is 4.68. The van der Waals surface area contributed by atoms with Gasteiger partial charge in [-0.1, -0.05) is 22.0 Å². The Morgan fingerprint density at radius 2 is 1.96 bits per heavy atom. The molecule has 0 aliphatic rings. The standard InChI is InChI=1S/C16H14BrN5S/c1-18-16(23)22-12-5-6-14-13(8-12)15(20-9-19-14)21-11-4-2-3-10(17)7-11/h2-9H,1H3,(H2,18,22,23)(H,19,20,21). The maximum atomic E-state index is 5.14. The molecule has 3 N–H and O–H groups in total. The van der Waals surface area contributed by atoms with E-state index in [-0.39, 0.29) is 0 Å². The Morgan fingerprint density at radius 1 is 1.09 bits per heavy atom. The predicted molar refractivity (Wildman–Crippen MR) is 102 cm³/mol. The molecule has 0 aliphatic carbocycles. The van der Waals surface area contributed by atoms with Crippen LogP contribution in [0.5, 0.6) is 0 Å². The first kappa shape index (κ1) is 15.6. The summed E-state index contributed by atoms with van der Waals surface area (Å²) in [6.07, 6.45) is 1.55. The summed E-state index contributed by atoms with van der Waals surface area (Å²) in [7, 11) is 1.78. The van der Waals surface area contributed by atoms with E-state index in [1.165, 1.54) is 0 Å². The summed E-state index contributed by atoms with van der Waals surface area (Å²) >= 11 is 8.61. The van der Waals surface area contributed by atoms with Crippen LogP contribution in [0.25, 0.3) is 10.9 Å². The lowest BCUT2D eigenvalue weighted by molar-refractivity contribution is 1.19. The zero-order valence-electron chi connectivity index (χ0n) is 12.3. The largest absolute Gasteiger partial charge is 0.366 e. The number of aromatic nitrogens is 2. The third-order valence-electron chi connectivity index (χ3n) is 3.21. The van der Waals surface area contributed by atoms with Crippen molar-refractivity contribution in [2.24, 2.45) is 0 Å². The molecule has 5 nitrogen and oxygen atoms in total. The molecule has 0 bridgehead atoms. The van der Waals surface area contributed by atoms with Gasteiger partial charge in [0.15, 0.2) is 5.11 Å². The zero-order valence-corrected chi connectivity index (χ0v) is 14.7. The van der Waals surface area contributed by atoms with Crippen molar-refractivity contribution in [3.05, 3.63) is 53.3 Å². The Morgan fingerprint density at radius 3 is 2.74 bits per heavy atom. The van der Waals surface area contributed by atoms with Gasteiger partial charge in [-0.2, -0.15) is 0 Å². The molecule has 0 unspecified atom stereocenters. The third kappa shape index (κ3) is 3.75. The van der Waals surface area contributed by atoms with E-state index in [1.807, 2.05) is 42.5 Å². The van der Waals surface area contributed by atoms with Gasteiger partial charge in [0.25, 0.3) is 0 Å². The summed E-state index contributed by atoms with van der Waals surface area (Å²) in [6, 6.07) is 13.8. The van der Waals surface area contributed by atoms with E-state index in [9.17, 15) is 0 Å². The summed E-state index contributed by atoms with van der Waals surface area (Å²) < 4.78 is 1.00. The summed E-state index contributed by atoms with van der Waals surface area (Å²) in [5, 5.41) is 10.8. The summed E-state index contributed by atoms with van der Waals surface area (Å²) in [6.45, 7) is 0. The highest BCUT2D eigenvalue weighted by Gasteiger charge is 2.06. The smallest absolute Gasteiger partial charge is 0.170 e. The van der Waals surface area contributed by atoms with Crippen molar-refractivity contribution in [2.75, 3.05) is 17.7 Å². The fourth-order valence-electron chi connectivity index (χ4n) is 2.13. The Balaban J connectivity index is 1.99. The van der Waals surface area contributed by atoms with E-state index in [1.54, 1.807) is 13.4 Å². The molecule has 0 atom stereocenters. The normalized spacial score (nSPS) is 10.3.